The van der Waals surface area contributed by atoms with E-state index in [2.05, 4.69) is 0 Å². The van der Waals surface area contributed by atoms with Gasteiger partial charge in [0.15, 0.2) is 11.5 Å². The first kappa shape index (κ1) is 15.0. The third-order valence-electron chi connectivity index (χ3n) is 3.92. The van der Waals surface area contributed by atoms with Gasteiger partial charge in [-0.25, -0.2) is 4.79 Å². The summed E-state index contributed by atoms with van der Waals surface area (Å²) in [4.78, 5) is 11.4. The van der Waals surface area contributed by atoms with E-state index in [1.807, 2.05) is 42.1 Å². The molecule has 0 fully saturated rings. The van der Waals surface area contributed by atoms with Crippen LogP contribution in [0.25, 0.3) is 22.0 Å². The zero-order chi connectivity index (χ0) is 16.6. The summed E-state index contributed by atoms with van der Waals surface area (Å²) in [6.45, 7) is 0. The van der Waals surface area contributed by atoms with Gasteiger partial charge in [0.25, 0.3) is 0 Å². The summed E-state index contributed by atoms with van der Waals surface area (Å²) in [5.74, 6) is -0.0867. The molecule has 0 atom stereocenters. The number of carbonyl (C=O) groups is 1. The Kier molecular flexibility index (Phi) is 3.70. The molecule has 0 saturated heterocycles. The molecular weight excluding hydrogens is 294 g/mol. The van der Waals surface area contributed by atoms with E-state index >= 15 is 0 Å². The van der Waals surface area contributed by atoms with Crippen LogP contribution in [0.15, 0.2) is 42.6 Å². The van der Waals surface area contributed by atoms with E-state index in [9.17, 15) is 9.90 Å². The van der Waals surface area contributed by atoms with Crippen molar-refractivity contribution in [3.8, 4) is 22.6 Å². The lowest BCUT2D eigenvalue weighted by molar-refractivity contribution is 0.0696. The predicted octanol–water partition coefficient (Wildman–Crippen LogP) is 3.56. The maximum atomic E-state index is 11.4. The van der Waals surface area contributed by atoms with Gasteiger partial charge in [-0.15, -0.1) is 0 Å². The number of carboxylic acids is 1. The van der Waals surface area contributed by atoms with Crippen LogP contribution in [-0.4, -0.2) is 29.9 Å². The molecule has 0 aliphatic heterocycles. The summed E-state index contributed by atoms with van der Waals surface area (Å²) < 4.78 is 12.8. The van der Waals surface area contributed by atoms with Crippen LogP contribution in [0.1, 0.15) is 10.4 Å². The summed E-state index contributed by atoms with van der Waals surface area (Å²) in [7, 11) is 5.02. The van der Waals surface area contributed by atoms with Crippen LogP contribution in [0, 0.1) is 0 Å². The number of fused-ring (bicyclic) bond motifs is 1. The van der Waals surface area contributed by atoms with E-state index in [0.717, 1.165) is 16.5 Å². The maximum absolute atomic E-state index is 11.4. The van der Waals surface area contributed by atoms with Gasteiger partial charge in [-0.3, -0.25) is 0 Å². The van der Waals surface area contributed by atoms with Crippen LogP contribution in [0.3, 0.4) is 0 Å². The Labute approximate surface area is 133 Å². The number of benzene rings is 2. The van der Waals surface area contributed by atoms with Crippen molar-refractivity contribution in [3.63, 3.8) is 0 Å². The first-order valence-electron chi connectivity index (χ1n) is 7.10. The number of nitrogens with zero attached hydrogens (tertiary/aromatic N) is 1. The molecule has 0 aliphatic carbocycles. The van der Waals surface area contributed by atoms with Crippen molar-refractivity contribution in [1.29, 1.82) is 0 Å². The number of carboxylic acid groups (broad SMARTS) is 1. The van der Waals surface area contributed by atoms with Crippen LogP contribution >= 0.6 is 0 Å². The molecule has 2 aromatic carbocycles. The fourth-order valence-electron chi connectivity index (χ4n) is 2.75. The van der Waals surface area contributed by atoms with Crippen LogP contribution in [-0.2, 0) is 7.05 Å². The van der Waals surface area contributed by atoms with Gasteiger partial charge in [-0.05, 0) is 35.9 Å². The van der Waals surface area contributed by atoms with Crippen LogP contribution < -0.4 is 9.47 Å². The molecule has 23 heavy (non-hydrogen) atoms. The van der Waals surface area contributed by atoms with Gasteiger partial charge < -0.3 is 19.1 Å². The Morgan fingerprint density at radius 3 is 2.52 bits per heavy atom. The first-order chi connectivity index (χ1) is 11.0. The zero-order valence-corrected chi connectivity index (χ0v) is 13.2. The smallest absolute Gasteiger partial charge is 0.335 e. The normalized spacial score (nSPS) is 10.7. The molecule has 5 heteroatoms. The number of aromatic nitrogens is 1. The predicted molar refractivity (Wildman–Crippen MR) is 88.4 cm³/mol. The van der Waals surface area contributed by atoms with Crippen LogP contribution in [0.4, 0.5) is 0 Å². The molecule has 3 rings (SSSR count). The van der Waals surface area contributed by atoms with E-state index < -0.39 is 5.97 Å². The number of hydrogen-bond donors (Lipinski definition) is 1. The molecule has 1 N–H and O–H groups in total. The fourth-order valence-corrected chi connectivity index (χ4v) is 2.75. The van der Waals surface area contributed by atoms with E-state index in [-0.39, 0.29) is 5.56 Å². The molecule has 1 aromatic heterocycles. The second kappa shape index (κ2) is 5.68. The highest BCUT2D eigenvalue weighted by Crippen LogP contribution is 2.40. The summed E-state index contributed by atoms with van der Waals surface area (Å²) in [6, 6.07) is 11.1. The molecule has 3 aromatic rings. The Balaban J connectivity index is 2.26. The van der Waals surface area contributed by atoms with Gasteiger partial charge in [0.05, 0.1) is 19.8 Å². The second-order valence-corrected chi connectivity index (χ2v) is 5.26. The monoisotopic (exact) mass is 311 g/mol. The average Bonchev–Trinajstić information content (AvgIpc) is 2.93. The van der Waals surface area contributed by atoms with E-state index in [1.165, 1.54) is 13.2 Å². The van der Waals surface area contributed by atoms with Crippen molar-refractivity contribution in [1.82, 2.24) is 4.57 Å². The minimum Gasteiger partial charge on any atom is -0.493 e. The molecule has 0 spiro atoms. The largest absolute Gasteiger partial charge is 0.493 e. The summed E-state index contributed by atoms with van der Waals surface area (Å²) >= 11 is 0. The minimum absolute atomic E-state index is 0.158. The van der Waals surface area contributed by atoms with Crippen LogP contribution in [0.5, 0.6) is 11.5 Å². The SMILES string of the molecule is COc1cc(C(=O)O)cc(-c2ccc3c(ccn3C)c2)c1OC. The molecule has 0 saturated carbocycles. The number of aryl methyl sites for hydroxylation is 1. The first-order valence-corrected chi connectivity index (χ1v) is 7.10. The van der Waals surface area contributed by atoms with Crippen molar-refractivity contribution in [3.05, 3.63) is 48.2 Å². The Morgan fingerprint density at radius 1 is 1.09 bits per heavy atom. The van der Waals surface area contributed by atoms with Crippen molar-refractivity contribution >= 4 is 16.9 Å². The molecule has 0 aliphatic rings. The van der Waals surface area contributed by atoms with Crippen molar-refractivity contribution in [2.75, 3.05) is 14.2 Å². The highest BCUT2D eigenvalue weighted by Gasteiger charge is 2.17. The fraction of sp³-hybridized carbons (Fsp3) is 0.167. The second-order valence-electron chi connectivity index (χ2n) is 5.26. The lowest BCUT2D eigenvalue weighted by Crippen LogP contribution is -2.01. The highest BCUT2D eigenvalue weighted by molar-refractivity contribution is 5.93. The van der Waals surface area contributed by atoms with E-state index in [0.29, 0.717) is 17.1 Å². The highest BCUT2D eigenvalue weighted by atomic mass is 16.5. The maximum Gasteiger partial charge on any atom is 0.335 e. The van der Waals surface area contributed by atoms with E-state index in [4.69, 9.17) is 9.47 Å². The molecule has 0 radical (unpaired) electrons. The van der Waals surface area contributed by atoms with Gasteiger partial charge in [0.2, 0.25) is 0 Å². The number of methoxy groups -OCH3 is 2. The number of ether oxygens (including phenoxy) is 2. The average molecular weight is 311 g/mol. The third-order valence-corrected chi connectivity index (χ3v) is 3.92. The quantitative estimate of drug-likeness (QED) is 0.800. The van der Waals surface area contributed by atoms with Gasteiger partial charge >= 0.3 is 5.97 Å². The number of rotatable bonds is 4. The third kappa shape index (κ3) is 2.50. The molecule has 1 heterocycles. The zero-order valence-electron chi connectivity index (χ0n) is 13.2. The Bertz CT molecular complexity index is 895. The summed E-state index contributed by atoms with van der Waals surface area (Å²) in [5.41, 5.74) is 2.83. The van der Waals surface area contributed by atoms with Crippen molar-refractivity contribution in [2.45, 2.75) is 0 Å². The molecule has 0 amide bonds. The molecule has 0 bridgehead atoms. The summed E-state index contributed by atoms with van der Waals surface area (Å²) in [6.07, 6.45) is 1.99. The standard InChI is InChI=1S/C18H17NO4/c1-19-7-6-12-8-11(4-5-15(12)19)14-9-13(18(20)21)10-16(22-2)17(14)23-3/h4-10H,1-3H3,(H,20,21). The molecule has 0 unspecified atom stereocenters. The van der Waals surface area contributed by atoms with Gasteiger partial charge in [-0.2, -0.15) is 0 Å². The van der Waals surface area contributed by atoms with Gasteiger partial charge in [0, 0.05) is 29.7 Å². The van der Waals surface area contributed by atoms with Gasteiger partial charge in [-0.1, -0.05) is 6.07 Å². The van der Waals surface area contributed by atoms with E-state index in [1.54, 1.807) is 13.2 Å². The van der Waals surface area contributed by atoms with Crippen molar-refractivity contribution < 1.29 is 19.4 Å². The molecule has 5 nitrogen and oxygen atoms in total. The topological polar surface area (TPSA) is 60.7 Å². The summed E-state index contributed by atoms with van der Waals surface area (Å²) in [5, 5.41) is 10.4. The number of hydrogen-bond acceptors (Lipinski definition) is 3. The lowest BCUT2D eigenvalue weighted by Gasteiger charge is -2.14. The van der Waals surface area contributed by atoms with Crippen molar-refractivity contribution in [2.24, 2.45) is 7.05 Å². The molecular formula is C18H17NO4. The van der Waals surface area contributed by atoms with Gasteiger partial charge in [0.1, 0.15) is 0 Å². The number of aromatic carboxylic acids is 1. The Morgan fingerprint density at radius 2 is 1.87 bits per heavy atom. The molecule has 118 valence electrons. The Hall–Kier alpha value is -2.95. The minimum atomic E-state index is -1.01. The van der Waals surface area contributed by atoms with Crippen LogP contribution in [0.2, 0.25) is 0 Å². The lowest BCUT2D eigenvalue weighted by atomic mass is 10.00.